The predicted octanol–water partition coefficient (Wildman–Crippen LogP) is 2.85. The lowest BCUT2D eigenvalue weighted by Crippen LogP contribution is -2.22. The van der Waals surface area contributed by atoms with Crippen LogP contribution < -0.4 is 15.4 Å². The van der Waals surface area contributed by atoms with Crippen LogP contribution in [-0.4, -0.2) is 32.4 Å². The van der Waals surface area contributed by atoms with Gasteiger partial charge in [-0.2, -0.15) is 8.42 Å². The standard InChI is InChI=1S/C17H17N3O4S2/c1-11-6-7-15-14(8-11)19-17(20-26(15,22)23)25-10-16(21)18-12-4-3-5-13(9-12)24-2/h3-9H,10H2,1-2H3,(H,18,21)(H,19,20). The van der Waals surface area contributed by atoms with Crippen molar-refractivity contribution in [1.29, 1.82) is 0 Å². The maximum absolute atomic E-state index is 12.2. The summed E-state index contributed by atoms with van der Waals surface area (Å²) < 4.78 is 33.3. The maximum Gasteiger partial charge on any atom is 0.286 e. The van der Waals surface area contributed by atoms with E-state index in [9.17, 15) is 13.2 Å². The molecule has 2 aromatic rings. The lowest BCUT2D eigenvalue weighted by Gasteiger charge is -2.18. The van der Waals surface area contributed by atoms with Gasteiger partial charge in [0, 0.05) is 11.8 Å². The second kappa shape index (κ2) is 7.38. The first kappa shape index (κ1) is 18.3. The molecule has 1 amide bonds. The molecule has 9 heteroatoms. The molecule has 26 heavy (non-hydrogen) atoms. The summed E-state index contributed by atoms with van der Waals surface area (Å²) in [5, 5.41) is 5.87. The summed E-state index contributed by atoms with van der Waals surface area (Å²) in [6.07, 6.45) is 0. The monoisotopic (exact) mass is 391 g/mol. The fraction of sp³-hybridized carbons (Fsp3) is 0.176. The van der Waals surface area contributed by atoms with E-state index in [4.69, 9.17) is 4.74 Å². The number of rotatable bonds is 4. The van der Waals surface area contributed by atoms with Crippen LogP contribution in [-0.2, 0) is 14.8 Å². The van der Waals surface area contributed by atoms with Crippen molar-refractivity contribution in [2.75, 3.05) is 23.5 Å². The lowest BCUT2D eigenvalue weighted by atomic mass is 10.2. The third-order valence-corrected chi connectivity index (χ3v) is 5.87. The van der Waals surface area contributed by atoms with Crippen molar-refractivity contribution in [3.8, 4) is 5.75 Å². The molecule has 2 aromatic carbocycles. The average molecular weight is 391 g/mol. The Morgan fingerprint density at radius 3 is 2.85 bits per heavy atom. The molecule has 0 aliphatic carbocycles. The predicted molar refractivity (Wildman–Crippen MR) is 104 cm³/mol. The van der Waals surface area contributed by atoms with E-state index in [0.717, 1.165) is 17.3 Å². The molecule has 0 atom stereocenters. The van der Waals surface area contributed by atoms with Crippen LogP contribution in [0.5, 0.6) is 5.75 Å². The number of nitrogens with one attached hydrogen (secondary N) is 2. The first-order chi connectivity index (χ1) is 12.4. The van der Waals surface area contributed by atoms with E-state index < -0.39 is 10.0 Å². The molecule has 0 radical (unpaired) electrons. The number of sulfonamides is 1. The fourth-order valence-electron chi connectivity index (χ4n) is 2.36. The molecule has 0 fully saturated rings. The van der Waals surface area contributed by atoms with Gasteiger partial charge in [0.05, 0.1) is 18.6 Å². The molecular weight excluding hydrogens is 374 g/mol. The molecule has 1 aliphatic heterocycles. The Morgan fingerprint density at radius 1 is 1.27 bits per heavy atom. The summed E-state index contributed by atoms with van der Waals surface area (Å²) in [5.74, 6) is 0.367. The molecule has 7 nitrogen and oxygen atoms in total. The number of methoxy groups -OCH3 is 1. The van der Waals surface area contributed by atoms with E-state index >= 15 is 0 Å². The van der Waals surface area contributed by atoms with Crippen molar-refractivity contribution < 1.29 is 17.9 Å². The number of hydrogen-bond acceptors (Lipinski definition) is 6. The zero-order valence-corrected chi connectivity index (χ0v) is 15.8. The molecule has 1 heterocycles. The van der Waals surface area contributed by atoms with Crippen molar-refractivity contribution in [3.05, 3.63) is 48.0 Å². The summed E-state index contributed by atoms with van der Waals surface area (Å²) in [6, 6.07) is 11.9. The number of amidine groups is 1. The number of thioether (sulfide) groups is 1. The number of aryl methyl sites for hydroxylation is 1. The minimum Gasteiger partial charge on any atom is -0.497 e. The molecule has 0 spiro atoms. The molecule has 0 bridgehead atoms. The summed E-state index contributed by atoms with van der Waals surface area (Å²) in [7, 11) is -2.22. The highest BCUT2D eigenvalue weighted by Crippen LogP contribution is 2.30. The van der Waals surface area contributed by atoms with Crippen LogP contribution in [0, 0.1) is 6.92 Å². The van der Waals surface area contributed by atoms with Gasteiger partial charge in [0.1, 0.15) is 10.6 Å². The van der Waals surface area contributed by atoms with Gasteiger partial charge in [0.2, 0.25) is 5.91 Å². The molecule has 0 aromatic heterocycles. The first-order valence-corrected chi connectivity index (χ1v) is 10.1. The molecule has 3 rings (SSSR count). The number of hydrogen-bond donors (Lipinski definition) is 2. The first-order valence-electron chi connectivity index (χ1n) is 7.67. The van der Waals surface area contributed by atoms with Gasteiger partial charge in [-0.1, -0.05) is 23.9 Å². The fourth-order valence-corrected chi connectivity index (χ4v) is 4.37. The van der Waals surface area contributed by atoms with E-state index in [1.807, 2.05) is 6.92 Å². The van der Waals surface area contributed by atoms with E-state index in [1.165, 1.54) is 6.07 Å². The Balaban J connectivity index is 1.66. The second-order valence-corrected chi connectivity index (χ2v) is 8.10. The van der Waals surface area contributed by atoms with Crippen LogP contribution in [0.4, 0.5) is 11.4 Å². The molecule has 0 saturated heterocycles. The number of nitrogens with zero attached hydrogens (tertiary/aromatic N) is 1. The summed E-state index contributed by atoms with van der Waals surface area (Å²) in [4.78, 5) is 12.2. The third-order valence-electron chi connectivity index (χ3n) is 3.55. The summed E-state index contributed by atoms with van der Waals surface area (Å²) >= 11 is 1.02. The Morgan fingerprint density at radius 2 is 2.08 bits per heavy atom. The van der Waals surface area contributed by atoms with Crippen LogP contribution in [0.25, 0.3) is 0 Å². The van der Waals surface area contributed by atoms with Gasteiger partial charge in [-0.15, -0.1) is 4.40 Å². The number of fused-ring (bicyclic) bond motifs is 1. The Hall–Kier alpha value is -2.52. The average Bonchev–Trinajstić information content (AvgIpc) is 2.59. The SMILES string of the molecule is COc1cccc(NC(=O)CSC2=NS(=O)(=O)c3ccc(C)cc3N2)c1. The van der Waals surface area contributed by atoms with Crippen molar-refractivity contribution in [1.82, 2.24) is 0 Å². The Kier molecular flexibility index (Phi) is 5.19. The van der Waals surface area contributed by atoms with Gasteiger partial charge in [-0.3, -0.25) is 4.79 Å². The van der Waals surface area contributed by atoms with Crippen molar-refractivity contribution in [2.45, 2.75) is 11.8 Å². The van der Waals surface area contributed by atoms with Gasteiger partial charge in [0.15, 0.2) is 5.17 Å². The second-order valence-electron chi connectivity index (χ2n) is 5.56. The van der Waals surface area contributed by atoms with Crippen LogP contribution >= 0.6 is 11.8 Å². The molecule has 0 unspecified atom stereocenters. The van der Waals surface area contributed by atoms with Crippen LogP contribution in [0.15, 0.2) is 51.8 Å². The number of amides is 1. The number of benzene rings is 2. The summed E-state index contributed by atoms with van der Waals surface area (Å²) in [6.45, 7) is 1.87. The van der Waals surface area contributed by atoms with E-state index in [1.54, 1.807) is 43.5 Å². The van der Waals surface area contributed by atoms with Crippen LogP contribution in [0.1, 0.15) is 5.56 Å². The van der Waals surface area contributed by atoms with Gasteiger partial charge in [0.25, 0.3) is 10.0 Å². The maximum atomic E-state index is 12.2. The summed E-state index contributed by atoms with van der Waals surface area (Å²) in [5.41, 5.74) is 1.99. The smallest absolute Gasteiger partial charge is 0.286 e. The highest BCUT2D eigenvalue weighted by atomic mass is 32.2. The zero-order chi connectivity index (χ0) is 18.7. The van der Waals surface area contributed by atoms with Crippen molar-refractivity contribution in [3.63, 3.8) is 0 Å². The molecular formula is C17H17N3O4S2. The largest absolute Gasteiger partial charge is 0.497 e. The molecule has 1 aliphatic rings. The number of carbonyl (C=O) groups excluding carboxylic acids is 1. The quantitative estimate of drug-likeness (QED) is 0.832. The van der Waals surface area contributed by atoms with Gasteiger partial charge in [-0.05, 0) is 36.8 Å². The Bertz CT molecular complexity index is 987. The van der Waals surface area contributed by atoms with Crippen LogP contribution in [0.2, 0.25) is 0 Å². The highest BCUT2D eigenvalue weighted by Gasteiger charge is 2.25. The van der Waals surface area contributed by atoms with Gasteiger partial charge in [-0.25, -0.2) is 0 Å². The molecule has 0 saturated carbocycles. The third kappa shape index (κ3) is 4.17. The van der Waals surface area contributed by atoms with Gasteiger partial charge >= 0.3 is 0 Å². The minimum absolute atomic E-state index is 0.0136. The topological polar surface area (TPSA) is 96.9 Å². The van der Waals surface area contributed by atoms with Gasteiger partial charge < -0.3 is 15.4 Å². The lowest BCUT2D eigenvalue weighted by molar-refractivity contribution is -0.113. The minimum atomic E-state index is -3.77. The molecule has 2 N–H and O–H groups in total. The Labute approximate surface area is 155 Å². The van der Waals surface area contributed by atoms with E-state index in [0.29, 0.717) is 17.1 Å². The molecule has 136 valence electrons. The number of ether oxygens (including phenoxy) is 1. The van der Waals surface area contributed by atoms with Crippen LogP contribution in [0.3, 0.4) is 0 Å². The van der Waals surface area contributed by atoms with E-state index in [-0.39, 0.29) is 21.7 Å². The zero-order valence-electron chi connectivity index (χ0n) is 14.1. The van der Waals surface area contributed by atoms with Crippen molar-refractivity contribution in [2.24, 2.45) is 4.40 Å². The number of carbonyl (C=O) groups is 1. The highest BCUT2D eigenvalue weighted by molar-refractivity contribution is 8.15. The normalized spacial score (nSPS) is 14.6. The number of anilines is 2. The van der Waals surface area contributed by atoms with E-state index in [2.05, 4.69) is 15.0 Å². The van der Waals surface area contributed by atoms with Crippen molar-refractivity contribution >= 4 is 44.2 Å².